The van der Waals surface area contributed by atoms with E-state index in [1.54, 1.807) is 6.07 Å². The molecule has 140 valence electrons. The predicted molar refractivity (Wildman–Crippen MR) is 101 cm³/mol. The van der Waals surface area contributed by atoms with E-state index >= 15 is 0 Å². The molecule has 0 spiro atoms. The molecule has 2 aromatic heterocycles. The van der Waals surface area contributed by atoms with E-state index in [-0.39, 0.29) is 22.8 Å². The first kappa shape index (κ1) is 17.7. The van der Waals surface area contributed by atoms with Crippen LogP contribution in [0.25, 0.3) is 22.5 Å². The molecular weight excluding hydrogens is 386 g/mol. The number of nitro benzene ring substituents is 1. The zero-order valence-corrected chi connectivity index (χ0v) is 15.0. The summed E-state index contributed by atoms with van der Waals surface area (Å²) < 4.78 is 11.0. The van der Waals surface area contributed by atoms with E-state index < -0.39 is 10.8 Å². The lowest BCUT2D eigenvalue weighted by atomic mass is 10.1. The van der Waals surface area contributed by atoms with Crippen LogP contribution in [0.3, 0.4) is 0 Å². The van der Waals surface area contributed by atoms with Gasteiger partial charge in [0.15, 0.2) is 5.76 Å². The third-order valence-corrected chi connectivity index (χ3v) is 4.29. The summed E-state index contributed by atoms with van der Waals surface area (Å²) in [5, 5.41) is 18.7. The normalized spacial score (nSPS) is 10.9. The number of para-hydroxylation sites is 1. The second-order valence-corrected chi connectivity index (χ2v) is 6.37. The zero-order chi connectivity index (χ0) is 19.7. The molecule has 0 bridgehead atoms. The van der Waals surface area contributed by atoms with Crippen LogP contribution in [0.4, 0.5) is 5.69 Å². The number of hydrogen-bond donors (Lipinski definition) is 1. The first-order chi connectivity index (χ1) is 13.5. The van der Waals surface area contributed by atoms with Crippen LogP contribution < -0.4 is 5.32 Å². The minimum atomic E-state index is -0.638. The Bertz CT molecular complexity index is 1160. The van der Waals surface area contributed by atoms with Gasteiger partial charge in [-0.05, 0) is 24.3 Å². The minimum Gasteiger partial charge on any atom is -0.453 e. The number of nitrogens with one attached hydrogen (secondary N) is 1. The summed E-state index contributed by atoms with van der Waals surface area (Å²) in [6.07, 6.45) is 0. The van der Waals surface area contributed by atoms with Gasteiger partial charge in [0.25, 0.3) is 11.6 Å². The Balaban J connectivity index is 1.50. The minimum absolute atomic E-state index is 0.0201. The summed E-state index contributed by atoms with van der Waals surface area (Å²) in [4.78, 5) is 22.8. The van der Waals surface area contributed by atoms with Gasteiger partial charge < -0.3 is 14.3 Å². The molecule has 4 aromatic rings. The lowest BCUT2D eigenvalue weighted by Gasteiger charge is -2.04. The topological polar surface area (TPSA) is 111 Å². The van der Waals surface area contributed by atoms with Crippen molar-refractivity contribution in [1.82, 2.24) is 10.5 Å². The molecule has 0 aliphatic carbocycles. The van der Waals surface area contributed by atoms with Gasteiger partial charge >= 0.3 is 0 Å². The van der Waals surface area contributed by atoms with E-state index in [2.05, 4.69) is 10.5 Å². The van der Waals surface area contributed by atoms with Crippen LogP contribution >= 0.6 is 11.6 Å². The number of halogens is 1. The van der Waals surface area contributed by atoms with Crippen LogP contribution in [0.5, 0.6) is 0 Å². The maximum absolute atomic E-state index is 12.3. The van der Waals surface area contributed by atoms with E-state index in [9.17, 15) is 14.9 Å². The maximum atomic E-state index is 12.3. The van der Waals surface area contributed by atoms with Gasteiger partial charge in [0.2, 0.25) is 5.76 Å². The van der Waals surface area contributed by atoms with E-state index in [0.29, 0.717) is 17.2 Å². The first-order valence-electron chi connectivity index (χ1n) is 8.18. The van der Waals surface area contributed by atoms with Gasteiger partial charge in [-0.2, -0.15) is 0 Å². The Morgan fingerprint density at radius 1 is 1.14 bits per heavy atom. The van der Waals surface area contributed by atoms with E-state index in [1.807, 2.05) is 30.3 Å². The summed E-state index contributed by atoms with van der Waals surface area (Å²) in [6, 6.07) is 14.8. The highest BCUT2D eigenvalue weighted by Crippen LogP contribution is 2.28. The quantitative estimate of drug-likeness (QED) is 0.389. The summed E-state index contributed by atoms with van der Waals surface area (Å²) in [5.41, 5.74) is 0.703. The van der Waals surface area contributed by atoms with Crippen molar-refractivity contribution in [3.05, 3.63) is 81.0 Å². The summed E-state index contributed by atoms with van der Waals surface area (Å²) in [7, 11) is 0. The first-order valence-corrected chi connectivity index (χ1v) is 8.56. The number of rotatable bonds is 5. The van der Waals surface area contributed by atoms with Gasteiger partial charge in [0.05, 0.1) is 11.5 Å². The maximum Gasteiger partial charge on any atom is 0.282 e. The fourth-order valence-corrected chi connectivity index (χ4v) is 2.90. The summed E-state index contributed by atoms with van der Waals surface area (Å²) in [6.45, 7) is 0.0201. The molecule has 0 radical (unpaired) electrons. The molecule has 0 aliphatic rings. The Morgan fingerprint density at radius 2 is 1.96 bits per heavy atom. The number of benzene rings is 2. The standard InChI is InChI=1S/C19H12ClN3O5/c20-12-5-6-15(23(25)26)14(8-12)19(24)21-10-13-9-18(28-22-13)17-7-11-3-1-2-4-16(11)27-17/h1-9H,10H2,(H,21,24). The average molecular weight is 398 g/mol. The molecule has 1 N–H and O–H groups in total. The van der Waals surface area contributed by atoms with Crippen LogP contribution in [0, 0.1) is 10.1 Å². The number of carbonyl (C=O) groups is 1. The van der Waals surface area contributed by atoms with Gasteiger partial charge in [-0.25, -0.2) is 0 Å². The van der Waals surface area contributed by atoms with Crippen LogP contribution in [-0.4, -0.2) is 16.0 Å². The highest BCUT2D eigenvalue weighted by atomic mass is 35.5. The van der Waals surface area contributed by atoms with E-state index in [1.165, 1.54) is 18.2 Å². The van der Waals surface area contributed by atoms with Crippen molar-refractivity contribution in [2.45, 2.75) is 6.54 Å². The molecule has 9 heteroatoms. The third kappa shape index (κ3) is 3.45. The molecule has 0 saturated heterocycles. The molecule has 8 nitrogen and oxygen atoms in total. The van der Waals surface area contributed by atoms with E-state index in [4.69, 9.17) is 20.5 Å². The SMILES string of the molecule is O=C(NCc1cc(-c2cc3ccccc3o2)on1)c1cc(Cl)ccc1[N+](=O)[O-]. The van der Waals surface area contributed by atoms with Gasteiger partial charge in [-0.3, -0.25) is 14.9 Å². The van der Waals surface area contributed by atoms with Crippen LogP contribution in [0.15, 0.2) is 63.5 Å². The molecule has 0 unspecified atom stereocenters. The van der Waals surface area contributed by atoms with E-state index in [0.717, 1.165) is 11.0 Å². The number of hydrogen-bond acceptors (Lipinski definition) is 6. The fraction of sp³-hybridized carbons (Fsp3) is 0.0526. The van der Waals surface area contributed by atoms with Crippen molar-refractivity contribution in [2.75, 3.05) is 0 Å². The molecule has 0 saturated carbocycles. The summed E-state index contributed by atoms with van der Waals surface area (Å²) in [5.74, 6) is 0.286. The van der Waals surface area contributed by atoms with Crippen molar-refractivity contribution >= 4 is 34.2 Å². The highest BCUT2D eigenvalue weighted by Gasteiger charge is 2.21. The monoisotopic (exact) mass is 397 g/mol. The van der Waals surface area contributed by atoms with Gasteiger partial charge in [0, 0.05) is 22.5 Å². The smallest absolute Gasteiger partial charge is 0.282 e. The number of fused-ring (bicyclic) bond motifs is 1. The molecule has 2 heterocycles. The Labute approximate surface area is 162 Å². The number of aromatic nitrogens is 1. The molecule has 4 rings (SSSR count). The van der Waals surface area contributed by atoms with Crippen molar-refractivity contribution in [2.24, 2.45) is 0 Å². The van der Waals surface area contributed by atoms with Gasteiger partial charge in [0.1, 0.15) is 16.8 Å². The number of nitrogens with zero attached hydrogens (tertiary/aromatic N) is 2. The molecule has 2 aromatic carbocycles. The fourth-order valence-electron chi connectivity index (χ4n) is 2.73. The highest BCUT2D eigenvalue weighted by molar-refractivity contribution is 6.31. The Kier molecular flexibility index (Phi) is 4.54. The van der Waals surface area contributed by atoms with Crippen molar-refractivity contribution in [1.29, 1.82) is 0 Å². The van der Waals surface area contributed by atoms with Gasteiger partial charge in [-0.1, -0.05) is 35.0 Å². The second-order valence-electron chi connectivity index (χ2n) is 5.93. The van der Waals surface area contributed by atoms with Crippen molar-refractivity contribution < 1.29 is 18.7 Å². The van der Waals surface area contributed by atoms with Gasteiger partial charge in [-0.15, -0.1) is 0 Å². The van der Waals surface area contributed by atoms with Crippen LogP contribution in [-0.2, 0) is 6.54 Å². The average Bonchev–Trinajstić information content (AvgIpc) is 3.32. The molecule has 0 fully saturated rings. The molecule has 0 aliphatic heterocycles. The second kappa shape index (κ2) is 7.16. The van der Waals surface area contributed by atoms with Crippen LogP contribution in [0.1, 0.15) is 16.1 Å². The Hall–Kier alpha value is -3.65. The lowest BCUT2D eigenvalue weighted by molar-refractivity contribution is -0.385. The largest absolute Gasteiger partial charge is 0.453 e. The predicted octanol–water partition coefficient (Wildman–Crippen LogP) is 4.58. The van der Waals surface area contributed by atoms with Crippen molar-refractivity contribution in [3.8, 4) is 11.5 Å². The number of carbonyl (C=O) groups excluding carboxylic acids is 1. The molecule has 28 heavy (non-hydrogen) atoms. The van der Waals surface area contributed by atoms with Crippen molar-refractivity contribution in [3.63, 3.8) is 0 Å². The Morgan fingerprint density at radius 3 is 2.75 bits per heavy atom. The van der Waals surface area contributed by atoms with Crippen LogP contribution in [0.2, 0.25) is 5.02 Å². The molecule has 1 amide bonds. The number of furan rings is 1. The summed E-state index contributed by atoms with van der Waals surface area (Å²) >= 11 is 5.85. The number of nitro groups is 1. The third-order valence-electron chi connectivity index (χ3n) is 4.06. The molecule has 0 atom stereocenters. The lowest BCUT2D eigenvalue weighted by Crippen LogP contribution is -2.23. The molecular formula is C19H12ClN3O5. The zero-order valence-electron chi connectivity index (χ0n) is 14.2. The number of amides is 1.